The van der Waals surface area contributed by atoms with E-state index < -0.39 is 18.3 Å². The van der Waals surface area contributed by atoms with Gasteiger partial charge in [-0.25, -0.2) is 8.78 Å². The van der Waals surface area contributed by atoms with Gasteiger partial charge in [0.25, 0.3) is 0 Å². The maximum Gasteiger partial charge on any atom is 0.232 e. The van der Waals surface area contributed by atoms with Crippen LogP contribution < -0.4 is 0 Å². The van der Waals surface area contributed by atoms with Crippen molar-refractivity contribution in [2.75, 3.05) is 20.5 Å². The molecule has 1 rings (SSSR count). The van der Waals surface area contributed by atoms with E-state index in [2.05, 4.69) is 4.74 Å². The molecule has 0 N–H and O–H groups in total. The highest BCUT2D eigenvalue weighted by atomic mass is 19.2. The molecule has 1 aliphatic heterocycles. The van der Waals surface area contributed by atoms with Gasteiger partial charge in [0.2, 0.25) is 5.85 Å². The number of hydrogen-bond acceptors (Lipinski definition) is 2. The van der Waals surface area contributed by atoms with Gasteiger partial charge >= 0.3 is 0 Å². The van der Waals surface area contributed by atoms with Gasteiger partial charge in [-0.05, 0) is 13.8 Å². The number of alkyl halides is 3. The summed E-state index contributed by atoms with van der Waals surface area (Å²) in [7, 11) is 0.500. The van der Waals surface area contributed by atoms with Crippen molar-refractivity contribution < 1.29 is 22.6 Å². The van der Waals surface area contributed by atoms with Gasteiger partial charge in [0.1, 0.15) is 13.3 Å². The Bertz CT molecular complexity index is 141. The highest BCUT2D eigenvalue weighted by Crippen LogP contribution is 2.31. The second-order valence-electron chi connectivity index (χ2n) is 2.76. The Hall–Kier alpha value is -0.290. The fraction of sp³-hybridized carbons (Fsp3) is 1.00. The smallest absolute Gasteiger partial charge is 0.232 e. The maximum atomic E-state index is 12.8. The number of halogens is 3. The Kier molecular flexibility index (Phi) is 3.99. The van der Waals surface area contributed by atoms with Gasteiger partial charge in [-0.2, -0.15) is 0 Å². The molecule has 0 aromatic rings. The first-order valence-electron chi connectivity index (χ1n) is 3.44. The zero-order chi connectivity index (χ0) is 9.83. The minimum Gasteiger partial charge on any atom is -0.342 e. The van der Waals surface area contributed by atoms with Crippen LogP contribution in [0.1, 0.15) is 13.8 Å². The van der Waals surface area contributed by atoms with Gasteiger partial charge < -0.3 is 9.47 Å². The molecule has 5 heteroatoms. The van der Waals surface area contributed by atoms with Crippen molar-refractivity contribution >= 4 is 0 Å². The quantitative estimate of drug-likeness (QED) is 0.623. The molecule has 0 amide bonds. The molecule has 1 fully saturated rings. The lowest BCUT2D eigenvalue weighted by Gasteiger charge is -2.19. The Labute approximate surface area is 69.7 Å². The van der Waals surface area contributed by atoms with E-state index in [0.29, 0.717) is 7.18 Å². The van der Waals surface area contributed by atoms with E-state index in [9.17, 15) is 13.2 Å². The molecular weight excluding hydrogens is 173 g/mol. The molecule has 1 aliphatic rings. The van der Waals surface area contributed by atoms with Gasteiger partial charge in [0.15, 0.2) is 5.79 Å². The van der Waals surface area contributed by atoms with Crippen LogP contribution >= 0.6 is 0 Å². The van der Waals surface area contributed by atoms with Gasteiger partial charge in [-0.15, -0.1) is 0 Å². The van der Waals surface area contributed by atoms with Gasteiger partial charge in [0.05, 0.1) is 7.18 Å². The van der Waals surface area contributed by atoms with Crippen LogP contribution in [0.4, 0.5) is 13.2 Å². The molecular formula is C7H13F3O2. The predicted molar refractivity (Wildman–Crippen MR) is 38.0 cm³/mol. The molecule has 1 heterocycles. The Balaban J connectivity index is 0.000000561. The zero-order valence-corrected chi connectivity index (χ0v) is 7.36. The zero-order valence-electron chi connectivity index (χ0n) is 7.36. The van der Waals surface area contributed by atoms with Crippen LogP contribution in [0.15, 0.2) is 0 Å². The van der Waals surface area contributed by atoms with E-state index >= 15 is 0 Å². The largest absolute Gasteiger partial charge is 0.342 e. The van der Waals surface area contributed by atoms with Crippen LogP contribution in [-0.2, 0) is 9.47 Å². The van der Waals surface area contributed by atoms with Gasteiger partial charge in [-0.1, -0.05) is 0 Å². The van der Waals surface area contributed by atoms with Crippen molar-refractivity contribution in [3.8, 4) is 0 Å². The number of rotatable bonds is 1. The van der Waals surface area contributed by atoms with Crippen LogP contribution in [0.5, 0.6) is 0 Å². The summed E-state index contributed by atoms with van der Waals surface area (Å²) < 4.78 is 43.6. The van der Waals surface area contributed by atoms with E-state index in [1.54, 1.807) is 0 Å². The number of ether oxygens (including phenoxy) is 2. The van der Waals surface area contributed by atoms with Crippen molar-refractivity contribution in [1.29, 1.82) is 0 Å². The van der Waals surface area contributed by atoms with Crippen LogP contribution in [0.25, 0.3) is 0 Å². The Morgan fingerprint density at radius 1 is 1.33 bits per heavy atom. The third-order valence-corrected chi connectivity index (χ3v) is 1.31. The monoisotopic (exact) mass is 186 g/mol. The van der Waals surface area contributed by atoms with Crippen molar-refractivity contribution in [3.05, 3.63) is 0 Å². The van der Waals surface area contributed by atoms with Gasteiger partial charge in [-0.3, -0.25) is 4.39 Å². The molecule has 74 valence electrons. The lowest BCUT2D eigenvalue weighted by atomic mass is 10.4. The summed E-state index contributed by atoms with van der Waals surface area (Å²) in [6, 6.07) is 0. The summed E-state index contributed by atoms with van der Waals surface area (Å²) >= 11 is 0. The van der Waals surface area contributed by atoms with E-state index in [1.807, 2.05) is 0 Å². The third kappa shape index (κ3) is 2.98. The van der Waals surface area contributed by atoms with Crippen molar-refractivity contribution in [1.82, 2.24) is 0 Å². The average molecular weight is 186 g/mol. The van der Waals surface area contributed by atoms with Crippen molar-refractivity contribution in [2.24, 2.45) is 0 Å². The standard InChI is InChI=1S/C6H10F2O2.CH3F/c1-5(8)4-9-6(2,3-7)10-5;1-2/h3-4H2,1-2H3;1H3. The fourth-order valence-corrected chi connectivity index (χ4v) is 0.857. The van der Waals surface area contributed by atoms with E-state index in [4.69, 9.17) is 4.74 Å². The summed E-state index contributed by atoms with van der Waals surface area (Å²) in [6.07, 6.45) is 0. The molecule has 2 atom stereocenters. The normalized spacial score (nSPS) is 40.5. The second-order valence-corrected chi connectivity index (χ2v) is 2.76. The Morgan fingerprint density at radius 2 is 1.83 bits per heavy atom. The average Bonchev–Trinajstić information content (AvgIpc) is 2.31. The van der Waals surface area contributed by atoms with E-state index in [-0.39, 0.29) is 6.61 Å². The van der Waals surface area contributed by atoms with E-state index in [1.165, 1.54) is 13.8 Å². The highest BCUT2D eigenvalue weighted by Gasteiger charge is 2.45. The molecule has 0 saturated carbocycles. The lowest BCUT2D eigenvalue weighted by Crippen LogP contribution is -2.31. The molecule has 12 heavy (non-hydrogen) atoms. The van der Waals surface area contributed by atoms with E-state index in [0.717, 1.165) is 0 Å². The first kappa shape index (κ1) is 11.7. The molecule has 0 bridgehead atoms. The highest BCUT2D eigenvalue weighted by molar-refractivity contribution is 4.76. The molecule has 0 spiro atoms. The summed E-state index contributed by atoms with van der Waals surface area (Å²) in [6.45, 7) is 1.56. The second kappa shape index (κ2) is 4.09. The molecule has 0 aliphatic carbocycles. The minimum absolute atomic E-state index is 0.201. The van der Waals surface area contributed by atoms with Gasteiger partial charge in [0, 0.05) is 0 Å². The van der Waals surface area contributed by atoms with Crippen LogP contribution in [0.2, 0.25) is 0 Å². The fourth-order valence-electron chi connectivity index (χ4n) is 0.857. The minimum atomic E-state index is -1.83. The molecule has 0 aromatic carbocycles. The molecule has 0 aromatic heterocycles. The topological polar surface area (TPSA) is 18.5 Å². The third-order valence-electron chi connectivity index (χ3n) is 1.31. The lowest BCUT2D eigenvalue weighted by molar-refractivity contribution is -0.208. The summed E-state index contributed by atoms with van der Waals surface area (Å²) in [5.41, 5.74) is 0. The van der Waals surface area contributed by atoms with Crippen LogP contribution in [0.3, 0.4) is 0 Å². The SMILES string of the molecule is CC1(F)COC(C)(CF)O1.CF. The number of hydrogen-bond donors (Lipinski definition) is 0. The molecule has 2 unspecified atom stereocenters. The summed E-state index contributed by atoms with van der Waals surface area (Å²) in [4.78, 5) is 0. The van der Waals surface area contributed by atoms with Crippen LogP contribution in [-0.4, -0.2) is 32.1 Å². The van der Waals surface area contributed by atoms with Crippen LogP contribution in [0, 0.1) is 0 Å². The maximum absolute atomic E-state index is 12.8. The summed E-state index contributed by atoms with van der Waals surface area (Å²) in [5.74, 6) is -3.20. The summed E-state index contributed by atoms with van der Waals surface area (Å²) in [5, 5.41) is 0. The van der Waals surface area contributed by atoms with Crippen molar-refractivity contribution in [2.45, 2.75) is 25.5 Å². The first-order valence-corrected chi connectivity index (χ1v) is 3.44. The predicted octanol–water partition coefficient (Wildman–Crippen LogP) is 1.99. The molecule has 0 radical (unpaired) electrons. The first-order chi connectivity index (χ1) is 5.47. The Morgan fingerprint density at radius 3 is 2.00 bits per heavy atom. The van der Waals surface area contributed by atoms with Crippen molar-refractivity contribution in [3.63, 3.8) is 0 Å². The molecule has 2 nitrogen and oxygen atoms in total. The molecule has 1 saturated heterocycles.